The Morgan fingerprint density at radius 2 is 2.16 bits per heavy atom. The Morgan fingerprint density at radius 1 is 1.32 bits per heavy atom. The van der Waals surface area contributed by atoms with Crippen molar-refractivity contribution in [1.29, 1.82) is 0 Å². The number of hydrogen-bond donors (Lipinski definition) is 1. The highest BCUT2D eigenvalue weighted by atomic mass is 19.4. The summed E-state index contributed by atoms with van der Waals surface area (Å²) in [5.41, 5.74) is 0.817. The van der Waals surface area contributed by atoms with Crippen molar-refractivity contribution in [2.45, 2.75) is 38.4 Å². The normalized spacial score (nSPS) is 21.1. The van der Waals surface area contributed by atoms with Gasteiger partial charge in [0, 0.05) is 31.1 Å². The third-order valence-electron chi connectivity index (χ3n) is 4.52. The molecule has 2 heterocycles. The van der Waals surface area contributed by atoms with Crippen LogP contribution in [0.3, 0.4) is 0 Å². The number of nitrogens with zero attached hydrogens (tertiary/aromatic N) is 3. The van der Waals surface area contributed by atoms with Gasteiger partial charge in [-0.25, -0.2) is 9.67 Å². The van der Waals surface area contributed by atoms with E-state index in [2.05, 4.69) is 15.4 Å². The standard InChI is InChI=1S/C17H19F3N4O/c18-17(19,20)14-4-1-3-13(10-14)16(25)22-11-12-5-7-21-15(9-12)24-8-2-6-23-24/h2,5-9,13-14H,1,3-4,10-11H2,(H,22,25). The van der Waals surface area contributed by atoms with Crippen molar-refractivity contribution in [2.24, 2.45) is 11.8 Å². The van der Waals surface area contributed by atoms with E-state index in [1.807, 2.05) is 0 Å². The van der Waals surface area contributed by atoms with Crippen molar-refractivity contribution >= 4 is 5.91 Å². The zero-order chi connectivity index (χ0) is 17.9. The average Bonchev–Trinajstić information content (AvgIpc) is 3.14. The Bertz CT molecular complexity index is 715. The molecule has 1 amide bonds. The number of nitrogens with one attached hydrogen (secondary N) is 1. The maximum Gasteiger partial charge on any atom is 0.391 e. The topological polar surface area (TPSA) is 59.8 Å². The predicted molar refractivity (Wildman–Crippen MR) is 84.7 cm³/mol. The maximum absolute atomic E-state index is 12.9. The van der Waals surface area contributed by atoms with Gasteiger partial charge in [-0.05, 0) is 43.0 Å². The number of carbonyl (C=O) groups is 1. The molecule has 2 atom stereocenters. The molecule has 1 N–H and O–H groups in total. The highest BCUT2D eigenvalue weighted by molar-refractivity contribution is 5.78. The van der Waals surface area contributed by atoms with Crippen LogP contribution in [0.1, 0.15) is 31.2 Å². The monoisotopic (exact) mass is 352 g/mol. The second kappa shape index (κ2) is 7.25. The molecule has 134 valence electrons. The summed E-state index contributed by atoms with van der Waals surface area (Å²) in [5.74, 6) is -1.64. The van der Waals surface area contributed by atoms with E-state index >= 15 is 0 Å². The van der Waals surface area contributed by atoms with E-state index in [1.54, 1.807) is 41.5 Å². The van der Waals surface area contributed by atoms with Gasteiger partial charge in [-0.15, -0.1) is 0 Å². The van der Waals surface area contributed by atoms with Crippen LogP contribution < -0.4 is 5.32 Å². The SMILES string of the molecule is O=C(NCc1ccnc(-n2cccn2)c1)C1CCCC(C(F)(F)F)C1. The van der Waals surface area contributed by atoms with Gasteiger partial charge in [0.2, 0.25) is 5.91 Å². The Kier molecular flexibility index (Phi) is 5.06. The van der Waals surface area contributed by atoms with Gasteiger partial charge < -0.3 is 5.32 Å². The number of hydrogen-bond acceptors (Lipinski definition) is 3. The number of halogens is 3. The largest absolute Gasteiger partial charge is 0.391 e. The molecule has 0 bridgehead atoms. The predicted octanol–water partition coefficient (Wildman–Crippen LogP) is 3.25. The molecule has 8 heteroatoms. The lowest BCUT2D eigenvalue weighted by Gasteiger charge is -2.29. The summed E-state index contributed by atoms with van der Waals surface area (Å²) in [6.45, 7) is 0.253. The summed E-state index contributed by atoms with van der Waals surface area (Å²) >= 11 is 0. The molecule has 1 saturated carbocycles. The summed E-state index contributed by atoms with van der Waals surface area (Å²) in [4.78, 5) is 16.4. The summed E-state index contributed by atoms with van der Waals surface area (Å²) < 4.78 is 40.2. The molecule has 2 aromatic heterocycles. The zero-order valence-electron chi connectivity index (χ0n) is 13.5. The fraction of sp³-hybridized carbons (Fsp3) is 0.471. The number of rotatable bonds is 4. The maximum atomic E-state index is 12.9. The molecular weight excluding hydrogens is 333 g/mol. The quantitative estimate of drug-likeness (QED) is 0.919. The molecule has 2 unspecified atom stereocenters. The van der Waals surface area contributed by atoms with Crippen molar-refractivity contribution in [1.82, 2.24) is 20.1 Å². The summed E-state index contributed by atoms with van der Waals surface area (Å²) in [7, 11) is 0. The fourth-order valence-corrected chi connectivity index (χ4v) is 3.16. The first kappa shape index (κ1) is 17.4. The fourth-order valence-electron chi connectivity index (χ4n) is 3.16. The van der Waals surface area contributed by atoms with Gasteiger partial charge >= 0.3 is 6.18 Å². The van der Waals surface area contributed by atoms with Crippen LogP contribution in [-0.4, -0.2) is 26.8 Å². The van der Waals surface area contributed by atoms with Gasteiger partial charge in [0.15, 0.2) is 5.82 Å². The van der Waals surface area contributed by atoms with Crippen molar-refractivity contribution < 1.29 is 18.0 Å². The summed E-state index contributed by atoms with van der Waals surface area (Å²) in [6.07, 6.45) is 1.71. The Balaban J connectivity index is 1.58. The van der Waals surface area contributed by atoms with Gasteiger partial charge in [0.1, 0.15) is 0 Å². The smallest absolute Gasteiger partial charge is 0.352 e. The first-order valence-corrected chi connectivity index (χ1v) is 8.23. The highest BCUT2D eigenvalue weighted by Crippen LogP contribution is 2.39. The van der Waals surface area contributed by atoms with Gasteiger partial charge in [-0.2, -0.15) is 18.3 Å². The Labute approximate surface area is 143 Å². The van der Waals surface area contributed by atoms with Gasteiger partial charge in [-0.1, -0.05) is 6.42 Å². The lowest BCUT2D eigenvalue weighted by molar-refractivity contribution is -0.186. The van der Waals surface area contributed by atoms with Crippen LogP contribution in [0, 0.1) is 11.8 Å². The molecule has 3 rings (SSSR count). The van der Waals surface area contributed by atoms with Crippen LogP contribution in [0.4, 0.5) is 13.2 Å². The molecule has 25 heavy (non-hydrogen) atoms. The van der Waals surface area contributed by atoms with Crippen LogP contribution >= 0.6 is 0 Å². The van der Waals surface area contributed by atoms with E-state index in [4.69, 9.17) is 0 Å². The average molecular weight is 352 g/mol. The molecule has 0 aliphatic heterocycles. The minimum atomic E-state index is -4.22. The number of carbonyl (C=O) groups excluding carboxylic acids is 1. The van der Waals surface area contributed by atoms with Crippen molar-refractivity contribution in [3.05, 3.63) is 42.4 Å². The second-order valence-corrected chi connectivity index (χ2v) is 6.29. The summed E-state index contributed by atoms with van der Waals surface area (Å²) in [6, 6.07) is 5.32. The number of aromatic nitrogens is 3. The minimum absolute atomic E-state index is 0.116. The molecule has 0 radical (unpaired) electrons. The minimum Gasteiger partial charge on any atom is -0.352 e. The molecule has 1 fully saturated rings. The Morgan fingerprint density at radius 3 is 2.88 bits per heavy atom. The zero-order valence-corrected chi connectivity index (χ0v) is 13.5. The molecule has 2 aromatic rings. The van der Waals surface area contributed by atoms with E-state index in [9.17, 15) is 18.0 Å². The van der Waals surface area contributed by atoms with E-state index < -0.39 is 18.0 Å². The third-order valence-corrected chi connectivity index (χ3v) is 4.52. The van der Waals surface area contributed by atoms with Gasteiger partial charge in [0.05, 0.1) is 5.92 Å². The lowest BCUT2D eigenvalue weighted by Crippen LogP contribution is -2.37. The van der Waals surface area contributed by atoms with Gasteiger partial charge in [-0.3, -0.25) is 4.79 Å². The van der Waals surface area contributed by atoms with E-state index in [0.29, 0.717) is 18.7 Å². The molecular formula is C17H19F3N4O. The molecule has 0 saturated heterocycles. The van der Waals surface area contributed by atoms with Crippen molar-refractivity contribution in [2.75, 3.05) is 0 Å². The number of pyridine rings is 1. The molecule has 5 nitrogen and oxygen atoms in total. The van der Waals surface area contributed by atoms with Crippen LogP contribution in [0.25, 0.3) is 5.82 Å². The van der Waals surface area contributed by atoms with E-state index in [1.165, 1.54) is 0 Å². The highest BCUT2D eigenvalue weighted by Gasteiger charge is 2.43. The third kappa shape index (κ3) is 4.37. The number of amides is 1. The summed E-state index contributed by atoms with van der Waals surface area (Å²) in [5, 5.41) is 6.84. The molecule has 1 aliphatic carbocycles. The van der Waals surface area contributed by atoms with Crippen LogP contribution in [-0.2, 0) is 11.3 Å². The van der Waals surface area contributed by atoms with E-state index in [0.717, 1.165) is 5.56 Å². The number of alkyl halides is 3. The second-order valence-electron chi connectivity index (χ2n) is 6.29. The lowest BCUT2D eigenvalue weighted by atomic mass is 9.80. The Hall–Kier alpha value is -2.38. The van der Waals surface area contributed by atoms with Crippen molar-refractivity contribution in [3.63, 3.8) is 0 Å². The van der Waals surface area contributed by atoms with E-state index in [-0.39, 0.29) is 25.3 Å². The molecule has 0 aromatic carbocycles. The van der Waals surface area contributed by atoms with Crippen molar-refractivity contribution in [3.8, 4) is 5.82 Å². The van der Waals surface area contributed by atoms with Crippen LogP contribution in [0.5, 0.6) is 0 Å². The van der Waals surface area contributed by atoms with Crippen LogP contribution in [0.15, 0.2) is 36.8 Å². The molecule has 0 spiro atoms. The van der Waals surface area contributed by atoms with Crippen LogP contribution in [0.2, 0.25) is 0 Å². The van der Waals surface area contributed by atoms with Gasteiger partial charge in [0.25, 0.3) is 0 Å². The molecule has 1 aliphatic rings. The first-order chi connectivity index (χ1) is 11.9. The first-order valence-electron chi connectivity index (χ1n) is 8.23.